The van der Waals surface area contributed by atoms with Gasteiger partial charge in [0.25, 0.3) is 5.91 Å². The highest BCUT2D eigenvalue weighted by Crippen LogP contribution is 2.34. The number of esters is 1. The predicted octanol–water partition coefficient (Wildman–Crippen LogP) is 3.34. The Labute approximate surface area is 160 Å². The van der Waals surface area contributed by atoms with Crippen molar-refractivity contribution in [3.05, 3.63) is 52.5 Å². The SMILES string of the molecule is COC(=O)[C@@H]1CN(C(=O)COc2ccc(Cl)cc2Cl)c2ccccc2O1. The molecule has 0 unspecified atom stereocenters. The van der Waals surface area contributed by atoms with Gasteiger partial charge in [-0.15, -0.1) is 0 Å². The van der Waals surface area contributed by atoms with Crippen LogP contribution in [0.2, 0.25) is 10.0 Å². The minimum Gasteiger partial charge on any atom is -0.482 e. The molecule has 6 nitrogen and oxygen atoms in total. The Morgan fingerprint density at radius 3 is 2.73 bits per heavy atom. The number of rotatable bonds is 4. The average molecular weight is 396 g/mol. The highest BCUT2D eigenvalue weighted by Gasteiger charge is 2.34. The number of carbonyl (C=O) groups is 2. The molecule has 0 saturated carbocycles. The summed E-state index contributed by atoms with van der Waals surface area (Å²) in [7, 11) is 1.27. The molecular formula is C18H15Cl2NO5. The molecule has 0 aromatic heterocycles. The Morgan fingerprint density at radius 2 is 2.00 bits per heavy atom. The summed E-state index contributed by atoms with van der Waals surface area (Å²) in [6.45, 7) is -0.232. The molecule has 0 N–H and O–H groups in total. The van der Waals surface area contributed by atoms with Crippen LogP contribution < -0.4 is 14.4 Å². The van der Waals surface area contributed by atoms with Crippen molar-refractivity contribution in [2.24, 2.45) is 0 Å². The molecule has 136 valence electrons. The number of hydrogen-bond donors (Lipinski definition) is 0. The van der Waals surface area contributed by atoms with Crippen molar-refractivity contribution in [2.75, 3.05) is 25.2 Å². The van der Waals surface area contributed by atoms with Gasteiger partial charge < -0.3 is 19.1 Å². The summed E-state index contributed by atoms with van der Waals surface area (Å²) in [4.78, 5) is 26.0. The molecular weight excluding hydrogens is 381 g/mol. The first kappa shape index (κ1) is 18.4. The van der Waals surface area contributed by atoms with Crippen LogP contribution in [0.4, 0.5) is 5.69 Å². The minimum atomic E-state index is -0.905. The van der Waals surface area contributed by atoms with E-state index in [2.05, 4.69) is 0 Å². The number of fused-ring (bicyclic) bond motifs is 1. The highest BCUT2D eigenvalue weighted by atomic mass is 35.5. The lowest BCUT2D eigenvalue weighted by Gasteiger charge is -2.33. The molecule has 2 aromatic rings. The zero-order valence-corrected chi connectivity index (χ0v) is 15.3. The van der Waals surface area contributed by atoms with E-state index in [-0.39, 0.29) is 19.1 Å². The fraction of sp³-hybridized carbons (Fsp3) is 0.222. The first-order valence-electron chi connectivity index (χ1n) is 7.71. The second-order valence-corrected chi connectivity index (χ2v) is 6.31. The third-order valence-electron chi connectivity index (χ3n) is 3.78. The molecule has 1 amide bonds. The minimum absolute atomic E-state index is 0.0280. The van der Waals surface area contributed by atoms with Crippen molar-refractivity contribution in [1.29, 1.82) is 0 Å². The van der Waals surface area contributed by atoms with Gasteiger partial charge in [-0.05, 0) is 30.3 Å². The molecule has 0 spiro atoms. The van der Waals surface area contributed by atoms with E-state index in [0.29, 0.717) is 27.2 Å². The molecule has 0 aliphatic carbocycles. The summed E-state index contributed by atoms with van der Waals surface area (Å²) in [5, 5.41) is 0.775. The van der Waals surface area contributed by atoms with E-state index in [9.17, 15) is 9.59 Å². The lowest BCUT2D eigenvalue weighted by molar-refractivity contribution is -0.148. The Kier molecular flexibility index (Phi) is 5.54. The van der Waals surface area contributed by atoms with Crippen LogP contribution in [0.5, 0.6) is 11.5 Å². The maximum absolute atomic E-state index is 12.7. The standard InChI is InChI=1S/C18H15Cl2NO5/c1-24-18(23)16-9-21(13-4-2-3-5-15(13)26-16)17(22)10-25-14-7-6-11(19)8-12(14)20/h2-8,16H,9-10H2,1H3/t16-/m0/s1. The number of methoxy groups -OCH3 is 1. The quantitative estimate of drug-likeness (QED) is 0.742. The van der Waals surface area contributed by atoms with Crippen molar-refractivity contribution in [3.63, 3.8) is 0 Å². The zero-order chi connectivity index (χ0) is 18.7. The second-order valence-electron chi connectivity index (χ2n) is 5.47. The van der Waals surface area contributed by atoms with Gasteiger partial charge in [0, 0.05) is 5.02 Å². The topological polar surface area (TPSA) is 65.1 Å². The van der Waals surface area contributed by atoms with Crippen molar-refractivity contribution >= 4 is 40.8 Å². The van der Waals surface area contributed by atoms with E-state index in [1.165, 1.54) is 18.1 Å². The Hall–Kier alpha value is -2.44. The third kappa shape index (κ3) is 3.86. The predicted molar refractivity (Wildman–Crippen MR) is 97.2 cm³/mol. The maximum Gasteiger partial charge on any atom is 0.348 e. The molecule has 1 aliphatic rings. The fourth-order valence-corrected chi connectivity index (χ4v) is 3.00. The van der Waals surface area contributed by atoms with Crippen LogP contribution in [0.25, 0.3) is 0 Å². The summed E-state index contributed by atoms with van der Waals surface area (Å²) < 4.78 is 15.8. The molecule has 0 saturated heterocycles. The first-order valence-corrected chi connectivity index (χ1v) is 8.47. The number of ether oxygens (including phenoxy) is 3. The van der Waals surface area contributed by atoms with Crippen molar-refractivity contribution in [1.82, 2.24) is 0 Å². The van der Waals surface area contributed by atoms with Crippen LogP contribution in [0.1, 0.15) is 0 Å². The number of hydrogen-bond acceptors (Lipinski definition) is 5. The van der Waals surface area contributed by atoms with Gasteiger partial charge in [-0.25, -0.2) is 4.79 Å². The van der Waals surface area contributed by atoms with Gasteiger partial charge >= 0.3 is 5.97 Å². The molecule has 1 atom stereocenters. The molecule has 2 aromatic carbocycles. The average Bonchev–Trinajstić information content (AvgIpc) is 2.65. The van der Waals surface area contributed by atoms with Crippen molar-refractivity contribution < 1.29 is 23.8 Å². The van der Waals surface area contributed by atoms with E-state index in [1.54, 1.807) is 36.4 Å². The van der Waals surface area contributed by atoms with Crippen LogP contribution in [-0.4, -0.2) is 38.2 Å². The van der Waals surface area contributed by atoms with Gasteiger partial charge in [-0.1, -0.05) is 35.3 Å². The summed E-state index contributed by atoms with van der Waals surface area (Å²) in [5.41, 5.74) is 0.559. The van der Waals surface area contributed by atoms with Crippen LogP contribution in [0, 0.1) is 0 Å². The number of carbonyl (C=O) groups excluding carboxylic acids is 2. The molecule has 0 fully saturated rings. The molecule has 3 rings (SSSR count). The lowest BCUT2D eigenvalue weighted by atomic mass is 10.2. The normalized spacial score (nSPS) is 15.7. The Morgan fingerprint density at radius 1 is 1.23 bits per heavy atom. The molecule has 8 heteroatoms. The molecule has 26 heavy (non-hydrogen) atoms. The van der Waals surface area contributed by atoms with E-state index in [0.717, 1.165) is 0 Å². The Balaban J connectivity index is 1.77. The van der Waals surface area contributed by atoms with E-state index in [4.69, 9.17) is 37.4 Å². The van der Waals surface area contributed by atoms with Gasteiger partial charge in [-0.2, -0.15) is 0 Å². The smallest absolute Gasteiger partial charge is 0.348 e. The summed E-state index contributed by atoms with van der Waals surface area (Å²) in [6, 6.07) is 11.7. The highest BCUT2D eigenvalue weighted by molar-refractivity contribution is 6.35. The Bertz CT molecular complexity index is 842. The number of para-hydroxylation sites is 2. The fourth-order valence-electron chi connectivity index (χ4n) is 2.53. The number of benzene rings is 2. The molecule has 1 heterocycles. The van der Waals surface area contributed by atoms with Crippen LogP contribution in [0.3, 0.4) is 0 Å². The van der Waals surface area contributed by atoms with E-state index in [1.807, 2.05) is 0 Å². The van der Waals surface area contributed by atoms with Crippen molar-refractivity contribution in [3.8, 4) is 11.5 Å². The van der Waals surface area contributed by atoms with Gasteiger partial charge in [0.05, 0.1) is 24.4 Å². The third-order valence-corrected chi connectivity index (χ3v) is 4.31. The van der Waals surface area contributed by atoms with E-state index < -0.39 is 12.1 Å². The first-order chi connectivity index (χ1) is 12.5. The van der Waals surface area contributed by atoms with Gasteiger partial charge in [-0.3, -0.25) is 4.79 Å². The van der Waals surface area contributed by atoms with Crippen molar-refractivity contribution in [2.45, 2.75) is 6.10 Å². The number of amides is 1. The number of nitrogens with zero attached hydrogens (tertiary/aromatic N) is 1. The molecule has 1 aliphatic heterocycles. The van der Waals surface area contributed by atoms with E-state index >= 15 is 0 Å². The lowest BCUT2D eigenvalue weighted by Crippen LogP contribution is -2.48. The summed E-state index contributed by atoms with van der Waals surface area (Å²) in [5.74, 6) is -0.137. The van der Waals surface area contributed by atoms with Crippen LogP contribution in [0.15, 0.2) is 42.5 Å². The summed E-state index contributed by atoms with van der Waals surface area (Å²) >= 11 is 11.9. The largest absolute Gasteiger partial charge is 0.482 e. The maximum atomic E-state index is 12.7. The zero-order valence-electron chi connectivity index (χ0n) is 13.8. The van der Waals surface area contributed by atoms with Gasteiger partial charge in [0.2, 0.25) is 6.10 Å². The monoisotopic (exact) mass is 395 g/mol. The van der Waals surface area contributed by atoms with Gasteiger partial charge in [0.1, 0.15) is 11.5 Å². The van der Waals surface area contributed by atoms with Crippen LogP contribution >= 0.6 is 23.2 Å². The number of anilines is 1. The second kappa shape index (κ2) is 7.85. The summed E-state index contributed by atoms with van der Waals surface area (Å²) in [6.07, 6.45) is -0.905. The molecule has 0 radical (unpaired) electrons. The number of halogens is 2. The van der Waals surface area contributed by atoms with Crippen LogP contribution in [-0.2, 0) is 14.3 Å². The van der Waals surface area contributed by atoms with Gasteiger partial charge in [0.15, 0.2) is 6.61 Å². The molecule has 0 bridgehead atoms.